The fourth-order valence-electron chi connectivity index (χ4n) is 1.59. The second kappa shape index (κ2) is 4.69. The third-order valence-corrected chi connectivity index (χ3v) is 2.28. The van der Waals surface area contributed by atoms with Crippen LogP contribution in [0.1, 0.15) is 6.42 Å². The molecule has 0 saturated carbocycles. The molecule has 0 amide bonds. The molecule has 0 radical (unpaired) electrons. The van der Waals surface area contributed by atoms with Crippen molar-refractivity contribution in [3.63, 3.8) is 0 Å². The molecule has 1 aromatic heterocycles. The monoisotopic (exact) mass is 221 g/mol. The summed E-state index contributed by atoms with van der Waals surface area (Å²) in [5.41, 5.74) is 0.508. The number of hydrogen-bond donors (Lipinski definition) is 0. The van der Waals surface area contributed by atoms with Crippen LogP contribution in [0, 0.1) is 10.1 Å². The van der Waals surface area contributed by atoms with Gasteiger partial charge in [-0.05, 0) is 12.1 Å². The molecule has 0 aliphatic carbocycles. The summed E-state index contributed by atoms with van der Waals surface area (Å²) < 4.78 is 5.59. The van der Waals surface area contributed by atoms with Crippen molar-refractivity contribution >= 4 is 5.71 Å². The molecule has 0 fully saturated rings. The second-order valence-corrected chi connectivity index (χ2v) is 3.45. The van der Waals surface area contributed by atoms with Crippen molar-refractivity contribution in [3.05, 3.63) is 34.6 Å². The van der Waals surface area contributed by atoms with E-state index < -0.39 is 0 Å². The molecule has 1 unspecified atom stereocenters. The summed E-state index contributed by atoms with van der Waals surface area (Å²) in [5, 5.41) is 10.4. The van der Waals surface area contributed by atoms with Gasteiger partial charge in [0.2, 0.25) is 6.54 Å². The lowest BCUT2D eigenvalue weighted by Crippen LogP contribution is -2.29. The van der Waals surface area contributed by atoms with E-state index in [4.69, 9.17) is 4.74 Å². The van der Waals surface area contributed by atoms with E-state index in [1.165, 1.54) is 0 Å². The van der Waals surface area contributed by atoms with Gasteiger partial charge in [-0.15, -0.1) is 0 Å². The average Bonchev–Trinajstić information content (AvgIpc) is 2.66. The highest BCUT2D eigenvalue weighted by molar-refractivity contribution is 5.91. The van der Waals surface area contributed by atoms with E-state index in [0.717, 1.165) is 0 Å². The molecule has 0 aromatic carbocycles. The van der Waals surface area contributed by atoms with Crippen molar-refractivity contribution in [3.8, 4) is 5.75 Å². The third kappa shape index (κ3) is 2.53. The number of ether oxygens (including phenoxy) is 1. The zero-order valence-electron chi connectivity index (χ0n) is 8.57. The standard InChI is InChI=1S/C10H11N3O3/c14-13(15)7-9-10(3-5-12-9)16-8-2-1-4-11-6-8/h1-2,4,6,10H,3,5,7H2. The molecule has 0 bridgehead atoms. The Morgan fingerprint density at radius 2 is 2.50 bits per heavy atom. The van der Waals surface area contributed by atoms with Gasteiger partial charge >= 0.3 is 0 Å². The molecule has 1 aliphatic rings. The van der Waals surface area contributed by atoms with Crippen LogP contribution in [0.3, 0.4) is 0 Å². The van der Waals surface area contributed by atoms with Crippen molar-refractivity contribution in [1.29, 1.82) is 0 Å². The van der Waals surface area contributed by atoms with Gasteiger partial charge < -0.3 is 4.74 Å². The van der Waals surface area contributed by atoms with Crippen LogP contribution in [0.2, 0.25) is 0 Å². The van der Waals surface area contributed by atoms with Crippen LogP contribution < -0.4 is 4.74 Å². The smallest absolute Gasteiger partial charge is 0.244 e. The Morgan fingerprint density at radius 1 is 1.62 bits per heavy atom. The molecule has 6 nitrogen and oxygen atoms in total. The zero-order valence-corrected chi connectivity index (χ0v) is 8.57. The highest BCUT2D eigenvalue weighted by atomic mass is 16.6. The van der Waals surface area contributed by atoms with Gasteiger partial charge in [-0.25, -0.2) is 0 Å². The van der Waals surface area contributed by atoms with E-state index in [2.05, 4.69) is 9.98 Å². The van der Waals surface area contributed by atoms with Crippen LogP contribution in [0.5, 0.6) is 5.75 Å². The quantitative estimate of drug-likeness (QED) is 0.560. The Labute approximate surface area is 92.1 Å². The Kier molecular flexibility index (Phi) is 3.09. The topological polar surface area (TPSA) is 77.6 Å². The summed E-state index contributed by atoms with van der Waals surface area (Å²) in [6.45, 7) is 0.346. The van der Waals surface area contributed by atoms with Crippen LogP contribution in [0.25, 0.3) is 0 Å². The predicted octanol–water partition coefficient (Wildman–Crippen LogP) is 0.950. The van der Waals surface area contributed by atoms with Gasteiger partial charge in [-0.1, -0.05) is 0 Å². The number of pyridine rings is 1. The lowest BCUT2D eigenvalue weighted by molar-refractivity contribution is -0.463. The number of aliphatic imine (C=N–C) groups is 1. The number of hydrogen-bond acceptors (Lipinski definition) is 5. The molecule has 1 aliphatic heterocycles. The van der Waals surface area contributed by atoms with E-state index in [9.17, 15) is 10.1 Å². The number of aromatic nitrogens is 1. The molecule has 84 valence electrons. The maximum Gasteiger partial charge on any atom is 0.244 e. The minimum atomic E-state index is -0.385. The van der Waals surface area contributed by atoms with E-state index in [0.29, 0.717) is 24.4 Å². The summed E-state index contributed by atoms with van der Waals surface area (Å²) in [5.74, 6) is 0.616. The van der Waals surface area contributed by atoms with E-state index in [1.54, 1.807) is 24.5 Å². The molecule has 2 heterocycles. The summed E-state index contributed by atoms with van der Waals surface area (Å²) in [7, 11) is 0. The molecule has 16 heavy (non-hydrogen) atoms. The highest BCUT2D eigenvalue weighted by Gasteiger charge is 2.26. The Balaban J connectivity index is 2.00. The van der Waals surface area contributed by atoms with Gasteiger partial charge in [0.15, 0.2) is 0 Å². The van der Waals surface area contributed by atoms with Gasteiger partial charge in [0.05, 0.1) is 6.20 Å². The van der Waals surface area contributed by atoms with Crippen LogP contribution in [-0.4, -0.2) is 34.8 Å². The minimum Gasteiger partial charge on any atom is -0.483 e. The van der Waals surface area contributed by atoms with Gasteiger partial charge in [-0.3, -0.25) is 20.1 Å². The molecule has 2 rings (SSSR count). The van der Waals surface area contributed by atoms with Gasteiger partial charge in [0.1, 0.15) is 17.6 Å². The maximum atomic E-state index is 10.4. The van der Waals surface area contributed by atoms with Crippen molar-refractivity contribution in [2.75, 3.05) is 13.1 Å². The first-order valence-electron chi connectivity index (χ1n) is 4.97. The average molecular weight is 221 g/mol. The molecular weight excluding hydrogens is 210 g/mol. The first-order valence-corrected chi connectivity index (χ1v) is 4.97. The Bertz CT molecular complexity index is 405. The first-order chi connectivity index (χ1) is 7.75. The molecular formula is C10H11N3O3. The second-order valence-electron chi connectivity index (χ2n) is 3.45. The van der Waals surface area contributed by atoms with Crippen molar-refractivity contribution in [1.82, 2.24) is 4.98 Å². The first kappa shape index (κ1) is 10.5. The fraction of sp³-hybridized carbons (Fsp3) is 0.400. The SMILES string of the molecule is O=[N+]([O-])CC1=NCCC1Oc1cccnc1. The van der Waals surface area contributed by atoms with Gasteiger partial charge in [0.25, 0.3) is 0 Å². The van der Waals surface area contributed by atoms with Crippen LogP contribution in [0.4, 0.5) is 0 Å². The van der Waals surface area contributed by atoms with Gasteiger partial charge in [0, 0.05) is 24.1 Å². The lowest BCUT2D eigenvalue weighted by atomic mass is 10.2. The lowest BCUT2D eigenvalue weighted by Gasteiger charge is -2.13. The fourth-order valence-corrected chi connectivity index (χ4v) is 1.59. The summed E-state index contributed by atoms with van der Waals surface area (Å²) in [6, 6.07) is 3.53. The Hall–Kier alpha value is -1.98. The minimum absolute atomic E-state index is 0.245. The largest absolute Gasteiger partial charge is 0.483 e. The van der Waals surface area contributed by atoms with Crippen molar-refractivity contribution in [2.24, 2.45) is 4.99 Å². The van der Waals surface area contributed by atoms with Crippen molar-refractivity contribution in [2.45, 2.75) is 12.5 Å². The molecule has 0 saturated heterocycles. The zero-order chi connectivity index (χ0) is 11.4. The van der Waals surface area contributed by atoms with E-state index >= 15 is 0 Å². The number of rotatable bonds is 4. The van der Waals surface area contributed by atoms with Gasteiger partial charge in [-0.2, -0.15) is 0 Å². The predicted molar refractivity (Wildman–Crippen MR) is 57.4 cm³/mol. The maximum absolute atomic E-state index is 10.4. The number of nitrogens with zero attached hydrogens (tertiary/aromatic N) is 3. The highest BCUT2D eigenvalue weighted by Crippen LogP contribution is 2.16. The molecule has 0 spiro atoms. The summed E-state index contributed by atoms with van der Waals surface area (Å²) in [4.78, 5) is 18.0. The van der Waals surface area contributed by atoms with Crippen LogP contribution >= 0.6 is 0 Å². The third-order valence-electron chi connectivity index (χ3n) is 2.28. The summed E-state index contributed by atoms with van der Waals surface area (Å²) in [6.07, 6.45) is 3.64. The van der Waals surface area contributed by atoms with Crippen LogP contribution in [-0.2, 0) is 0 Å². The van der Waals surface area contributed by atoms with Crippen molar-refractivity contribution < 1.29 is 9.66 Å². The van der Waals surface area contributed by atoms with E-state index in [1.807, 2.05) is 0 Å². The molecule has 6 heteroatoms. The number of nitro groups is 1. The van der Waals surface area contributed by atoms with E-state index in [-0.39, 0.29) is 17.6 Å². The molecule has 1 atom stereocenters. The Morgan fingerprint density at radius 3 is 3.19 bits per heavy atom. The molecule has 0 N–H and O–H groups in total. The molecule has 1 aromatic rings. The van der Waals surface area contributed by atoms with Crippen LogP contribution in [0.15, 0.2) is 29.5 Å². The summed E-state index contributed by atoms with van der Waals surface area (Å²) >= 11 is 0. The normalized spacial score (nSPS) is 19.2.